The molecule has 0 radical (unpaired) electrons. The van der Waals surface area contributed by atoms with Crippen molar-refractivity contribution in [3.8, 4) is 0 Å². The average molecular weight is 208 g/mol. The van der Waals surface area contributed by atoms with Crippen LogP contribution in [-0.2, 0) is 26.4 Å². The Morgan fingerprint density at radius 2 is 2.27 bits per heavy atom. The highest BCUT2D eigenvalue weighted by Crippen LogP contribution is 2.21. The first-order valence-electron chi connectivity index (χ1n) is 5.51. The minimum atomic E-state index is 0.305. The Balaban J connectivity index is 2.28. The highest BCUT2D eigenvalue weighted by Gasteiger charge is 2.21. The van der Waals surface area contributed by atoms with E-state index in [9.17, 15) is 0 Å². The highest BCUT2D eigenvalue weighted by atomic mass is 15.1. The molecule has 1 aliphatic rings. The van der Waals surface area contributed by atoms with Crippen LogP contribution in [-0.4, -0.2) is 34.6 Å². The smallest absolute Gasteiger partial charge is 0.123 e. The Hall–Kier alpha value is -0.870. The van der Waals surface area contributed by atoms with Crippen LogP contribution in [0.1, 0.15) is 23.6 Å². The van der Waals surface area contributed by atoms with Crippen LogP contribution in [0.15, 0.2) is 0 Å². The van der Waals surface area contributed by atoms with Gasteiger partial charge >= 0.3 is 0 Å². The van der Waals surface area contributed by atoms with Gasteiger partial charge in [0.15, 0.2) is 0 Å². The highest BCUT2D eigenvalue weighted by molar-refractivity contribution is 5.21. The number of rotatable bonds is 2. The van der Waals surface area contributed by atoms with Crippen molar-refractivity contribution in [1.82, 2.24) is 14.5 Å². The van der Waals surface area contributed by atoms with E-state index in [0.29, 0.717) is 6.04 Å². The van der Waals surface area contributed by atoms with Crippen molar-refractivity contribution in [2.24, 2.45) is 12.8 Å². The number of hydrogen-bond acceptors (Lipinski definition) is 3. The van der Waals surface area contributed by atoms with Crippen molar-refractivity contribution in [2.45, 2.75) is 31.8 Å². The number of fused-ring (bicyclic) bond motifs is 1. The summed E-state index contributed by atoms with van der Waals surface area (Å²) in [4.78, 5) is 6.83. The lowest BCUT2D eigenvalue weighted by Crippen LogP contribution is -2.28. The van der Waals surface area contributed by atoms with Gasteiger partial charge in [0.05, 0.1) is 12.2 Å². The molecule has 2 N–H and O–H groups in total. The number of nitrogens with zero attached hydrogens (tertiary/aromatic N) is 3. The summed E-state index contributed by atoms with van der Waals surface area (Å²) in [5, 5.41) is 0. The SMILES string of the molecule is CN(C)Cc1nc2c(n1C)CCC(N)C2. The summed E-state index contributed by atoms with van der Waals surface area (Å²) in [5.41, 5.74) is 8.55. The van der Waals surface area contributed by atoms with Gasteiger partial charge in [-0.2, -0.15) is 0 Å². The van der Waals surface area contributed by atoms with Gasteiger partial charge in [-0.25, -0.2) is 4.98 Å². The van der Waals surface area contributed by atoms with Crippen molar-refractivity contribution < 1.29 is 0 Å². The van der Waals surface area contributed by atoms with E-state index in [2.05, 4.69) is 35.6 Å². The number of aromatic nitrogens is 2. The maximum atomic E-state index is 5.95. The molecule has 1 aromatic heterocycles. The molecule has 0 spiro atoms. The van der Waals surface area contributed by atoms with Gasteiger partial charge in [0.25, 0.3) is 0 Å². The minimum absolute atomic E-state index is 0.305. The molecule has 1 aliphatic carbocycles. The van der Waals surface area contributed by atoms with E-state index >= 15 is 0 Å². The molecule has 0 fully saturated rings. The molecule has 1 heterocycles. The molecule has 0 amide bonds. The molecule has 0 saturated carbocycles. The Bertz CT molecular complexity index is 354. The maximum absolute atomic E-state index is 5.95. The summed E-state index contributed by atoms with van der Waals surface area (Å²) < 4.78 is 2.24. The zero-order valence-electron chi connectivity index (χ0n) is 9.82. The van der Waals surface area contributed by atoms with E-state index in [1.54, 1.807) is 0 Å². The molecule has 2 rings (SSSR count). The third kappa shape index (κ3) is 2.06. The number of nitrogens with two attached hydrogens (primary N) is 1. The van der Waals surface area contributed by atoms with Gasteiger partial charge in [-0.15, -0.1) is 0 Å². The largest absolute Gasteiger partial charge is 0.334 e. The van der Waals surface area contributed by atoms with Gasteiger partial charge in [-0.05, 0) is 26.9 Å². The van der Waals surface area contributed by atoms with Crippen LogP contribution in [0.3, 0.4) is 0 Å². The topological polar surface area (TPSA) is 47.1 Å². The first kappa shape index (κ1) is 10.6. The van der Waals surface area contributed by atoms with Gasteiger partial charge in [-0.1, -0.05) is 0 Å². The molecule has 0 aliphatic heterocycles. The van der Waals surface area contributed by atoms with E-state index in [-0.39, 0.29) is 0 Å². The summed E-state index contributed by atoms with van der Waals surface area (Å²) in [6.45, 7) is 0.902. The fourth-order valence-corrected chi connectivity index (χ4v) is 2.22. The molecule has 1 unspecified atom stereocenters. The first-order valence-corrected chi connectivity index (χ1v) is 5.51. The lowest BCUT2D eigenvalue weighted by atomic mass is 9.97. The molecule has 1 atom stereocenters. The molecular weight excluding hydrogens is 188 g/mol. The zero-order valence-corrected chi connectivity index (χ0v) is 9.82. The third-order valence-corrected chi connectivity index (χ3v) is 3.05. The Morgan fingerprint density at radius 3 is 2.93 bits per heavy atom. The van der Waals surface area contributed by atoms with Crippen LogP contribution in [0, 0.1) is 0 Å². The molecule has 1 aromatic rings. The van der Waals surface area contributed by atoms with Crippen molar-refractivity contribution in [3.63, 3.8) is 0 Å². The van der Waals surface area contributed by atoms with Crippen LogP contribution in [0.5, 0.6) is 0 Å². The Kier molecular flexibility index (Phi) is 2.80. The summed E-state index contributed by atoms with van der Waals surface area (Å²) in [5.74, 6) is 1.15. The molecule has 0 aromatic carbocycles. The fraction of sp³-hybridized carbons (Fsp3) is 0.727. The summed E-state index contributed by atoms with van der Waals surface area (Å²) >= 11 is 0. The lowest BCUT2D eigenvalue weighted by Gasteiger charge is -2.18. The van der Waals surface area contributed by atoms with Gasteiger partial charge in [-0.3, -0.25) is 0 Å². The van der Waals surface area contributed by atoms with E-state index in [4.69, 9.17) is 5.73 Å². The van der Waals surface area contributed by atoms with Crippen LogP contribution in [0.25, 0.3) is 0 Å². The maximum Gasteiger partial charge on any atom is 0.123 e. The normalized spacial score (nSPS) is 20.7. The van der Waals surface area contributed by atoms with Gasteiger partial charge in [0.2, 0.25) is 0 Å². The molecule has 0 bridgehead atoms. The van der Waals surface area contributed by atoms with Crippen LogP contribution < -0.4 is 5.73 Å². The summed E-state index contributed by atoms with van der Waals surface area (Å²) in [6.07, 6.45) is 3.11. The van der Waals surface area contributed by atoms with E-state index in [0.717, 1.165) is 31.6 Å². The third-order valence-electron chi connectivity index (χ3n) is 3.05. The van der Waals surface area contributed by atoms with Crippen molar-refractivity contribution in [2.75, 3.05) is 14.1 Å². The molecule has 4 heteroatoms. The molecule has 15 heavy (non-hydrogen) atoms. The monoisotopic (exact) mass is 208 g/mol. The lowest BCUT2D eigenvalue weighted by molar-refractivity contribution is 0.384. The summed E-state index contributed by atoms with van der Waals surface area (Å²) in [7, 11) is 6.25. The first-order chi connectivity index (χ1) is 7.08. The predicted octanol–water partition coefficient (Wildman–Crippen LogP) is 0.298. The van der Waals surface area contributed by atoms with E-state index in [1.807, 2.05) is 0 Å². The quantitative estimate of drug-likeness (QED) is 0.760. The van der Waals surface area contributed by atoms with Gasteiger partial charge < -0.3 is 15.2 Å². The van der Waals surface area contributed by atoms with Gasteiger partial charge in [0.1, 0.15) is 5.82 Å². The van der Waals surface area contributed by atoms with E-state index in [1.165, 1.54) is 11.4 Å². The molecule has 84 valence electrons. The van der Waals surface area contributed by atoms with Crippen molar-refractivity contribution in [1.29, 1.82) is 0 Å². The molecule has 4 nitrogen and oxygen atoms in total. The Labute approximate surface area is 91.1 Å². The summed E-state index contributed by atoms with van der Waals surface area (Å²) in [6, 6.07) is 0.305. The average Bonchev–Trinajstić information content (AvgIpc) is 2.42. The minimum Gasteiger partial charge on any atom is -0.334 e. The zero-order chi connectivity index (χ0) is 11.0. The predicted molar refractivity (Wildman–Crippen MR) is 60.6 cm³/mol. The second-order valence-corrected chi connectivity index (χ2v) is 4.72. The standard InChI is InChI=1S/C11H20N4/c1-14(2)7-11-13-9-6-8(12)4-5-10(9)15(11)3/h8H,4-7,12H2,1-3H3. The van der Waals surface area contributed by atoms with E-state index < -0.39 is 0 Å². The number of imidazole rings is 1. The van der Waals surface area contributed by atoms with Crippen molar-refractivity contribution >= 4 is 0 Å². The van der Waals surface area contributed by atoms with Crippen LogP contribution in [0.2, 0.25) is 0 Å². The number of hydrogen-bond donors (Lipinski definition) is 1. The second kappa shape index (κ2) is 3.94. The van der Waals surface area contributed by atoms with Crippen molar-refractivity contribution in [3.05, 3.63) is 17.2 Å². The fourth-order valence-electron chi connectivity index (χ4n) is 2.22. The Morgan fingerprint density at radius 1 is 1.53 bits per heavy atom. The second-order valence-electron chi connectivity index (χ2n) is 4.72. The van der Waals surface area contributed by atoms with Gasteiger partial charge in [0, 0.05) is 25.2 Å². The van der Waals surface area contributed by atoms with Crippen LogP contribution in [0.4, 0.5) is 0 Å². The molecular formula is C11H20N4. The molecule has 0 saturated heterocycles. The van der Waals surface area contributed by atoms with Crippen LogP contribution >= 0.6 is 0 Å².